The van der Waals surface area contributed by atoms with Crippen LogP contribution in [0.5, 0.6) is 0 Å². The van der Waals surface area contributed by atoms with Gasteiger partial charge in [0.15, 0.2) is 0 Å². The van der Waals surface area contributed by atoms with E-state index in [1.54, 1.807) is 27.6 Å². The van der Waals surface area contributed by atoms with Gasteiger partial charge in [0.1, 0.15) is 6.54 Å². The molecule has 2 amide bonds. The van der Waals surface area contributed by atoms with Gasteiger partial charge in [0.25, 0.3) is 0 Å². The van der Waals surface area contributed by atoms with E-state index >= 15 is 0 Å². The second-order valence-corrected chi connectivity index (χ2v) is 4.70. The molecule has 0 N–H and O–H groups in total. The highest BCUT2D eigenvalue weighted by Crippen LogP contribution is 2.06. The minimum atomic E-state index is -0.303. The summed E-state index contributed by atoms with van der Waals surface area (Å²) in [5, 5.41) is 4.10. The minimum absolute atomic E-state index is 0.0281. The van der Waals surface area contributed by atoms with Gasteiger partial charge in [-0.15, -0.1) is 0 Å². The summed E-state index contributed by atoms with van der Waals surface area (Å²) in [5.41, 5.74) is 0.962. The van der Waals surface area contributed by atoms with E-state index in [1.165, 1.54) is 0 Å². The van der Waals surface area contributed by atoms with Crippen molar-refractivity contribution in [3.8, 4) is 0 Å². The van der Waals surface area contributed by atoms with Crippen molar-refractivity contribution >= 4 is 12.0 Å². The molecule has 1 fully saturated rings. The van der Waals surface area contributed by atoms with Gasteiger partial charge in [-0.05, 0) is 19.9 Å². The average Bonchev–Trinajstić information content (AvgIpc) is 2.85. The van der Waals surface area contributed by atoms with Crippen LogP contribution in [-0.2, 0) is 16.1 Å². The highest BCUT2D eigenvalue weighted by Gasteiger charge is 2.24. The van der Waals surface area contributed by atoms with Gasteiger partial charge < -0.3 is 14.5 Å². The molecule has 1 saturated heterocycles. The molecule has 1 aromatic heterocycles. The first-order valence-electron chi connectivity index (χ1n) is 6.79. The molecule has 0 atom stereocenters. The van der Waals surface area contributed by atoms with E-state index in [9.17, 15) is 9.59 Å². The van der Waals surface area contributed by atoms with Gasteiger partial charge >= 0.3 is 6.09 Å². The van der Waals surface area contributed by atoms with Crippen LogP contribution in [0.1, 0.15) is 12.6 Å². The van der Waals surface area contributed by atoms with Crippen molar-refractivity contribution in [2.75, 3.05) is 32.8 Å². The van der Waals surface area contributed by atoms with Gasteiger partial charge in [-0.2, -0.15) is 5.10 Å². The quantitative estimate of drug-likeness (QED) is 0.808. The topological polar surface area (TPSA) is 67.7 Å². The van der Waals surface area contributed by atoms with Crippen LogP contribution in [-0.4, -0.2) is 64.4 Å². The average molecular weight is 280 g/mol. The Kier molecular flexibility index (Phi) is 4.60. The molecule has 0 bridgehead atoms. The lowest BCUT2D eigenvalue weighted by atomic mass is 10.3. The van der Waals surface area contributed by atoms with E-state index in [-0.39, 0.29) is 18.5 Å². The lowest BCUT2D eigenvalue weighted by Gasteiger charge is -2.34. The number of hydrogen-bond acceptors (Lipinski definition) is 4. The fourth-order valence-corrected chi connectivity index (χ4v) is 2.15. The molecule has 2 rings (SSSR count). The molecule has 0 radical (unpaired) electrons. The highest BCUT2D eigenvalue weighted by molar-refractivity contribution is 5.76. The van der Waals surface area contributed by atoms with Crippen LogP contribution in [0.2, 0.25) is 0 Å². The summed E-state index contributed by atoms with van der Waals surface area (Å²) in [4.78, 5) is 27.1. The van der Waals surface area contributed by atoms with Gasteiger partial charge in [0.05, 0.1) is 6.61 Å². The molecule has 7 heteroatoms. The normalized spacial score (nSPS) is 15.3. The van der Waals surface area contributed by atoms with Gasteiger partial charge in [0, 0.05) is 38.1 Å². The van der Waals surface area contributed by atoms with E-state index in [2.05, 4.69) is 5.10 Å². The number of aryl methyl sites for hydroxylation is 1. The maximum atomic E-state index is 12.2. The first kappa shape index (κ1) is 14.4. The Bertz CT molecular complexity index is 478. The SMILES string of the molecule is CCOC(=O)N1CCN(C(=O)Cn2nccc2C)CC1. The zero-order valence-electron chi connectivity index (χ0n) is 11.9. The van der Waals surface area contributed by atoms with Gasteiger partial charge in [0.2, 0.25) is 5.91 Å². The van der Waals surface area contributed by atoms with E-state index < -0.39 is 0 Å². The van der Waals surface area contributed by atoms with Crippen LogP contribution in [0.25, 0.3) is 0 Å². The Hall–Kier alpha value is -2.05. The third-order valence-corrected chi connectivity index (χ3v) is 3.37. The van der Waals surface area contributed by atoms with Crippen LogP contribution in [0.15, 0.2) is 12.3 Å². The smallest absolute Gasteiger partial charge is 0.409 e. The number of nitrogens with zero attached hydrogens (tertiary/aromatic N) is 4. The van der Waals surface area contributed by atoms with Crippen molar-refractivity contribution in [2.45, 2.75) is 20.4 Å². The van der Waals surface area contributed by atoms with E-state index in [0.29, 0.717) is 32.8 Å². The molecular weight excluding hydrogens is 260 g/mol. The zero-order chi connectivity index (χ0) is 14.5. The largest absolute Gasteiger partial charge is 0.450 e. The summed E-state index contributed by atoms with van der Waals surface area (Å²) in [7, 11) is 0. The van der Waals surface area contributed by atoms with Crippen molar-refractivity contribution in [1.29, 1.82) is 0 Å². The minimum Gasteiger partial charge on any atom is -0.450 e. The number of piperazine rings is 1. The summed E-state index contributed by atoms with van der Waals surface area (Å²) < 4.78 is 6.63. The number of carbonyl (C=O) groups is 2. The molecule has 0 saturated carbocycles. The van der Waals surface area contributed by atoms with E-state index in [1.807, 2.05) is 13.0 Å². The summed E-state index contributed by atoms with van der Waals surface area (Å²) in [6.45, 7) is 6.43. The number of hydrogen-bond donors (Lipinski definition) is 0. The Morgan fingerprint density at radius 3 is 2.45 bits per heavy atom. The fraction of sp³-hybridized carbons (Fsp3) is 0.615. The second-order valence-electron chi connectivity index (χ2n) is 4.70. The molecule has 0 unspecified atom stereocenters. The predicted octanol–water partition coefficient (Wildman–Crippen LogP) is 0.492. The Morgan fingerprint density at radius 1 is 1.25 bits per heavy atom. The Labute approximate surface area is 118 Å². The predicted molar refractivity (Wildman–Crippen MR) is 72.1 cm³/mol. The lowest BCUT2D eigenvalue weighted by molar-refractivity contribution is -0.133. The van der Waals surface area contributed by atoms with Gasteiger partial charge in [-0.25, -0.2) is 4.79 Å². The number of amides is 2. The molecule has 0 spiro atoms. The first-order valence-corrected chi connectivity index (χ1v) is 6.79. The van der Waals surface area contributed by atoms with Crippen LogP contribution in [0, 0.1) is 6.92 Å². The molecule has 1 aliphatic heterocycles. The third-order valence-electron chi connectivity index (χ3n) is 3.37. The maximum absolute atomic E-state index is 12.2. The second kappa shape index (κ2) is 6.40. The Morgan fingerprint density at radius 2 is 1.90 bits per heavy atom. The van der Waals surface area contributed by atoms with Crippen molar-refractivity contribution in [3.63, 3.8) is 0 Å². The molecule has 20 heavy (non-hydrogen) atoms. The van der Waals surface area contributed by atoms with Crippen LogP contribution in [0.3, 0.4) is 0 Å². The van der Waals surface area contributed by atoms with Crippen LogP contribution < -0.4 is 0 Å². The van der Waals surface area contributed by atoms with Crippen molar-refractivity contribution in [1.82, 2.24) is 19.6 Å². The molecule has 1 aliphatic rings. The molecule has 1 aromatic rings. The first-order chi connectivity index (χ1) is 9.61. The number of aromatic nitrogens is 2. The number of ether oxygens (including phenoxy) is 1. The van der Waals surface area contributed by atoms with E-state index in [4.69, 9.17) is 4.74 Å². The zero-order valence-corrected chi connectivity index (χ0v) is 11.9. The monoisotopic (exact) mass is 280 g/mol. The molecule has 7 nitrogen and oxygen atoms in total. The number of carbonyl (C=O) groups excluding carboxylic acids is 2. The summed E-state index contributed by atoms with van der Waals surface area (Å²) in [5.74, 6) is 0.0281. The van der Waals surface area contributed by atoms with Crippen molar-refractivity contribution in [3.05, 3.63) is 18.0 Å². The molecule has 0 aromatic carbocycles. The number of rotatable bonds is 3. The molecule has 2 heterocycles. The lowest BCUT2D eigenvalue weighted by Crippen LogP contribution is -2.51. The molecular formula is C13H20N4O3. The summed E-state index contributed by atoms with van der Waals surface area (Å²) in [6.07, 6.45) is 1.38. The highest BCUT2D eigenvalue weighted by atomic mass is 16.6. The molecule has 0 aliphatic carbocycles. The van der Waals surface area contributed by atoms with Crippen molar-refractivity contribution in [2.24, 2.45) is 0 Å². The van der Waals surface area contributed by atoms with Gasteiger partial charge in [-0.1, -0.05) is 0 Å². The standard InChI is InChI=1S/C13H20N4O3/c1-3-20-13(19)16-8-6-15(7-9-16)12(18)10-17-11(2)4-5-14-17/h4-5H,3,6-10H2,1-2H3. The van der Waals surface area contributed by atoms with Crippen LogP contribution in [0.4, 0.5) is 4.79 Å². The van der Waals surface area contributed by atoms with Gasteiger partial charge in [-0.3, -0.25) is 9.48 Å². The third kappa shape index (κ3) is 3.28. The van der Waals surface area contributed by atoms with Crippen LogP contribution >= 0.6 is 0 Å². The van der Waals surface area contributed by atoms with E-state index in [0.717, 1.165) is 5.69 Å². The molecule has 110 valence electrons. The van der Waals surface area contributed by atoms with Crippen molar-refractivity contribution < 1.29 is 14.3 Å². The summed E-state index contributed by atoms with van der Waals surface area (Å²) in [6, 6.07) is 1.87. The Balaban J connectivity index is 1.83. The summed E-state index contributed by atoms with van der Waals surface area (Å²) >= 11 is 0. The maximum Gasteiger partial charge on any atom is 0.409 e. The fourth-order valence-electron chi connectivity index (χ4n) is 2.15.